The smallest absolute Gasteiger partial charge is 0.193 e. The average Bonchev–Trinajstić information content (AvgIpc) is 2.44. The van der Waals surface area contributed by atoms with Gasteiger partial charge in [-0.3, -0.25) is 4.79 Å². The maximum absolute atomic E-state index is 12.4. The van der Waals surface area contributed by atoms with E-state index in [0.717, 1.165) is 6.42 Å². The Morgan fingerprint density at radius 2 is 1.55 bits per heavy atom. The van der Waals surface area contributed by atoms with E-state index in [9.17, 15) is 4.79 Å². The van der Waals surface area contributed by atoms with Crippen molar-refractivity contribution in [3.63, 3.8) is 0 Å². The Balaban J connectivity index is 2.20. The summed E-state index contributed by atoms with van der Waals surface area (Å²) in [6.45, 7) is 2.17. The number of rotatable bonds is 5. The van der Waals surface area contributed by atoms with Gasteiger partial charge in [0, 0.05) is 22.5 Å². The fourth-order valence-corrected chi connectivity index (χ4v) is 2.18. The van der Waals surface area contributed by atoms with Crippen LogP contribution in [0.3, 0.4) is 0 Å². The van der Waals surface area contributed by atoms with Crippen molar-refractivity contribution in [1.29, 1.82) is 0 Å². The van der Waals surface area contributed by atoms with Crippen molar-refractivity contribution >= 4 is 17.2 Å². The van der Waals surface area contributed by atoms with Crippen LogP contribution in [0.1, 0.15) is 41.3 Å². The summed E-state index contributed by atoms with van der Waals surface area (Å²) in [7, 11) is 0. The number of benzene rings is 2. The highest BCUT2D eigenvalue weighted by Crippen LogP contribution is 2.18. The van der Waals surface area contributed by atoms with Gasteiger partial charge in [-0.15, -0.1) is 0 Å². The van der Waals surface area contributed by atoms with Crippen LogP contribution < -0.4 is 11.5 Å². The SMILES string of the molecule is CCCCc1ccc(C(=O)c2cc(N)cc(N)c2)cc1. The lowest BCUT2D eigenvalue weighted by atomic mass is 10.00. The molecule has 0 saturated carbocycles. The Morgan fingerprint density at radius 3 is 2.10 bits per heavy atom. The van der Waals surface area contributed by atoms with Crippen molar-refractivity contribution in [1.82, 2.24) is 0 Å². The summed E-state index contributed by atoms with van der Waals surface area (Å²) >= 11 is 0. The van der Waals surface area contributed by atoms with Crippen molar-refractivity contribution in [3.05, 3.63) is 59.2 Å². The lowest BCUT2D eigenvalue weighted by Crippen LogP contribution is -2.03. The molecule has 0 aliphatic rings. The van der Waals surface area contributed by atoms with E-state index in [0.29, 0.717) is 22.5 Å². The number of aryl methyl sites for hydroxylation is 1. The average molecular weight is 268 g/mol. The highest BCUT2D eigenvalue weighted by atomic mass is 16.1. The van der Waals surface area contributed by atoms with Gasteiger partial charge in [-0.2, -0.15) is 0 Å². The standard InChI is InChI=1S/C17H20N2O/c1-2-3-4-12-5-7-13(8-6-12)17(20)14-9-15(18)11-16(19)10-14/h5-11H,2-4,18-19H2,1H3. The molecule has 0 aliphatic carbocycles. The second-order valence-corrected chi connectivity index (χ2v) is 5.02. The summed E-state index contributed by atoms with van der Waals surface area (Å²) in [4.78, 5) is 12.4. The molecule has 0 aliphatic heterocycles. The lowest BCUT2D eigenvalue weighted by molar-refractivity contribution is 0.103. The second kappa shape index (κ2) is 6.24. The van der Waals surface area contributed by atoms with Crippen molar-refractivity contribution in [2.24, 2.45) is 0 Å². The molecule has 0 bridgehead atoms. The van der Waals surface area contributed by atoms with Gasteiger partial charge in [-0.1, -0.05) is 37.6 Å². The first-order valence-corrected chi connectivity index (χ1v) is 6.90. The van der Waals surface area contributed by atoms with E-state index in [1.165, 1.54) is 18.4 Å². The highest BCUT2D eigenvalue weighted by Gasteiger charge is 2.10. The molecule has 2 aromatic carbocycles. The number of anilines is 2. The fourth-order valence-electron chi connectivity index (χ4n) is 2.18. The molecule has 0 heterocycles. The van der Waals surface area contributed by atoms with Crippen LogP contribution in [0.4, 0.5) is 11.4 Å². The van der Waals surface area contributed by atoms with Crippen LogP contribution in [0.25, 0.3) is 0 Å². The maximum atomic E-state index is 12.4. The molecule has 20 heavy (non-hydrogen) atoms. The topological polar surface area (TPSA) is 69.1 Å². The summed E-state index contributed by atoms with van der Waals surface area (Å²) < 4.78 is 0. The van der Waals surface area contributed by atoms with Gasteiger partial charge >= 0.3 is 0 Å². The number of ketones is 1. The van der Waals surface area contributed by atoms with Gasteiger partial charge < -0.3 is 11.5 Å². The van der Waals surface area contributed by atoms with E-state index in [2.05, 4.69) is 6.92 Å². The molecule has 0 spiro atoms. The van der Waals surface area contributed by atoms with Gasteiger partial charge in [0.25, 0.3) is 0 Å². The van der Waals surface area contributed by atoms with Crippen LogP contribution in [0.15, 0.2) is 42.5 Å². The number of carbonyl (C=O) groups is 1. The number of hydrogen-bond donors (Lipinski definition) is 2. The largest absolute Gasteiger partial charge is 0.399 e. The monoisotopic (exact) mass is 268 g/mol. The van der Waals surface area contributed by atoms with Gasteiger partial charge in [0.05, 0.1) is 0 Å². The van der Waals surface area contributed by atoms with Crippen molar-refractivity contribution in [3.8, 4) is 0 Å². The molecular weight excluding hydrogens is 248 g/mol. The highest BCUT2D eigenvalue weighted by molar-refractivity contribution is 6.09. The Morgan fingerprint density at radius 1 is 0.950 bits per heavy atom. The van der Waals surface area contributed by atoms with Crippen molar-refractivity contribution in [2.45, 2.75) is 26.2 Å². The molecule has 4 N–H and O–H groups in total. The van der Waals surface area contributed by atoms with Gasteiger partial charge in [-0.25, -0.2) is 0 Å². The molecule has 3 heteroatoms. The predicted molar refractivity (Wildman–Crippen MR) is 83.8 cm³/mol. The number of nitrogens with two attached hydrogens (primary N) is 2. The molecule has 0 radical (unpaired) electrons. The molecule has 0 saturated heterocycles. The maximum Gasteiger partial charge on any atom is 0.193 e. The minimum Gasteiger partial charge on any atom is -0.399 e. The zero-order valence-corrected chi connectivity index (χ0v) is 11.7. The minimum atomic E-state index is -0.0500. The van der Waals surface area contributed by atoms with Crippen LogP contribution in [0, 0.1) is 0 Å². The summed E-state index contributed by atoms with van der Waals surface area (Å²) in [5, 5.41) is 0. The zero-order valence-electron chi connectivity index (χ0n) is 11.7. The van der Waals surface area contributed by atoms with Gasteiger partial charge in [0.1, 0.15) is 0 Å². The first-order chi connectivity index (χ1) is 9.60. The normalized spacial score (nSPS) is 10.4. The van der Waals surface area contributed by atoms with E-state index in [1.54, 1.807) is 18.2 Å². The van der Waals surface area contributed by atoms with E-state index in [4.69, 9.17) is 11.5 Å². The Kier molecular flexibility index (Phi) is 4.41. The predicted octanol–water partition coefficient (Wildman–Crippen LogP) is 3.42. The lowest BCUT2D eigenvalue weighted by Gasteiger charge is -2.06. The minimum absolute atomic E-state index is 0.0500. The molecule has 3 nitrogen and oxygen atoms in total. The summed E-state index contributed by atoms with van der Waals surface area (Å²) in [5.41, 5.74) is 14.9. The second-order valence-electron chi connectivity index (χ2n) is 5.02. The molecule has 0 amide bonds. The number of nitrogen functional groups attached to an aromatic ring is 2. The number of hydrogen-bond acceptors (Lipinski definition) is 3. The van der Waals surface area contributed by atoms with E-state index >= 15 is 0 Å². The number of unbranched alkanes of at least 4 members (excludes halogenated alkanes) is 1. The molecular formula is C17H20N2O. The summed E-state index contributed by atoms with van der Waals surface area (Å²) in [6, 6.07) is 12.7. The quantitative estimate of drug-likeness (QED) is 0.645. The first kappa shape index (κ1) is 14.1. The van der Waals surface area contributed by atoms with E-state index < -0.39 is 0 Å². The van der Waals surface area contributed by atoms with Gasteiger partial charge in [0.2, 0.25) is 0 Å². The summed E-state index contributed by atoms with van der Waals surface area (Å²) in [6.07, 6.45) is 3.39. The molecule has 0 atom stereocenters. The third-order valence-corrected chi connectivity index (χ3v) is 3.27. The molecule has 0 unspecified atom stereocenters. The van der Waals surface area contributed by atoms with Gasteiger partial charge in [-0.05, 0) is 36.6 Å². The molecule has 0 aromatic heterocycles. The Bertz CT molecular complexity index is 583. The zero-order chi connectivity index (χ0) is 14.5. The van der Waals surface area contributed by atoms with Crippen molar-refractivity contribution in [2.75, 3.05) is 11.5 Å². The molecule has 2 rings (SSSR count). The fraction of sp³-hybridized carbons (Fsp3) is 0.235. The first-order valence-electron chi connectivity index (χ1n) is 6.90. The Hall–Kier alpha value is -2.29. The number of carbonyl (C=O) groups excluding carboxylic acids is 1. The molecule has 0 fully saturated rings. The summed E-state index contributed by atoms with van der Waals surface area (Å²) in [5.74, 6) is -0.0500. The van der Waals surface area contributed by atoms with Gasteiger partial charge in [0.15, 0.2) is 5.78 Å². The third-order valence-electron chi connectivity index (χ3n) is 3.27. The van der Waals surface area contributed by atoms with Crippen LogP contribution in [-0.4, -0.2) is 5.78 Å². The van der Waals surface area contributed by atoms with E-state index in [1.807, 2.05) is 24.3 Å². The third kappa shape index (κ3) is 3.38. The van der Waals surface area contributed by atoms with Crippen LogP contribution in [0.5, 0.6) is 0 Å². The molecule has 2 aromatic rings. The van der Waals surface area contributed by atoms with Crippen LogP contribution in [0.2, 0.25) is 0 Å². The van der Waals surface area contributed by atoms with Crippen LogP contribution >= 0.6 is 0 Å². The molecule has 104 valence electrons. The Labute approximate surface area is 119 Å². The van der Waals surface area contributed by atoms with E-state index in [-0.39, 0.29) is 5.78 Å². The van der Waals surface area contributed by atoms with Crippen LogP contribution in [-0.2, 0) is 6.42 Å². The van der Waals surface area contributed by atoms with Crippen molar-refractivity contribution < 1.29 is 4.79 Å².